The maximum atomic E-state index is 4.41. The summed E-state index contributed by atoms with van der Waals surface area (Å²) in [5.74, 6) is 1.85. The second-order valence-electron chi connectivity index (χ2n) is 3.11. The number of nitrogens with zero attached hydrogens (tertiary/aromatic N) is 3. The van der Waals surface area contributed by atoms with Crippen LogP contribution < -0.4 is 4.90 Å². The summed E-state index contributed by atoms with van der Waals surface area (Å²) in [6, 6.07) is 1.92. The number of hydrogen-bond acceptors (Lipinski definition) is 3. The minimum absolute atomic E-state index is 0.856. The summed E-state index contributed by atoms with van der Waals surface area (Å²) in [4.78, 5) is 10.7. The topological polar surface area (TPSA) is 29.0 Å². The number of aryl methyl sites for hydroxylation is 1. The first kappa shape index (κ1) is 10.4. The highest BCUT2D eigenvalue weighted by molar-refractivity contribution is 9.10. The molecule has 3 nitrogen and oxygen atoms in total. The van der Waals surface area contributed by atoms with Gasteiger partial charge in [0.2, 0.25) is 0 Å². The normalized spacial score (nSPS) is 10.2. The number of halogens is 1. The summed E-state index contributed by atoms with van der Waals surface area (Å²) in [6.07, 6.45) is 2.00. The molecule has 0 saturated heterocycles. The average molecular weight is 244 g/mol. The highest BCUT2D eigenvalue weighted by Crippen LogP contribution is 2.14. The van der Waals surface area contributed by atoms with Crippen molar-refractivity contribution in [3.63, 3.8) is 0 Å². The summed E-state index contributed by atoms with van der Waals surface area (Å²) in [5, 5.41) is 0. The van der Waals surface area contributed by atoms with E-state index in [1.165, 1.54) is 0 Å². The molecule has 0 saturated carbocycles. The molecular formula is C9H14BrN3. The molecule has 13 heavy (non-hydrogen) atoms. The monoisotopic (exact) mass is 243 g/mol. The van der Waals surface area contributed by atoms with Crippen molar-refractivity contribution in [1.82, 2.24) is 9.97 Å². The van der Waals surface area contributed by atoms with E-state index in [0.717, 1.165) is 29.1 Å². The van der Waals surface area contributed by atoms with Crippen molar-refractivity contribution in [2.24, 2.45) is 0 Å². The lowest BCUT2D eigenvalue weighted by Crippen LogP contribution is -2.12. The standard InChI is InChI=1S/C9H14BrN3/c1-4-5-8-11-7(10)6-9(12-8)13(2)3/h6H,4-5H2,1-3H3. The second-order valence-corrected chi connectivity index (χ2v) is 3.92. The van der Waals surface area contributed by atoms with Crippen LogP contribution in [0.1, 0.15) is 19.2 Å². The molecule has 1 rings (SSSR count). The Balaban J connectivity index is 2.96. The molecule has 72 valence electrons. The van der Waals surface area contributed by atoms with Crippen LogP contribution in [0.4, 0.5) is 5.82 Å². The van der Waals surface area contributed by atoms with Gasteiger partial charge in [0, 0.05) is 26.6 Å². The number of aromatic nitrogens is 2. The second kappa shape index (κ2) is 4.56. The van der Waals surface area contributed by atoms with Crippen LogP contribution in [-0.4, -0.2) is 24.1 Å². The van der Waals surface area contributed by atoms with Crippen molar-refractivity contribution in [3.8, 4) is 0 Å². The van der Waals surface area contributed by atoms with Crippen molar-refractivity contribution in [3.05, 3.63) is 16.5 Å². The fraction of sp³-hybridized carbons (Fsp3) is 0.556. The lowest BCUT2D eigenvalue weighted by Gasteiger charge is -2.12. The molecule has 0 unspecified atom stereocenters. The summed E-state index contributed by atoms with van der Waals surface area (Å²) < 4.78 is 0.856. The Bertz CT molecular complexity index is 286. The van der Waals surface area contributed by atoms with E-state index in [-0.39, 0.29) is 0 Å². The van der Waals surface area contributed by atoms with Crippen LogP contribution >= 0.6 is 15.9 Å². The van der Waals surface area contributed by atoms with Crippen LogP contribution in [0.15, 0.2) is 10.7 Å². The van der Waals surface area contributed by atoms with E-state index in [0.29, 0.717) is 0 Å². The van der Waals surface area contributed by atoms with Gasteiger partial charge < -0.3 is 4.90 Å². The van der Waals surface area contributed by atoms with E-state index in [9.17, 15) is 0 Å². The van der Waals surface area contributed by atoms with Gasteiger partial charge >= 0.3 is 0 Å². The van der Waals surface area contributed by atoms with Crippen LogP contribution in [0.25, 0.3) is 0 Å². The average Bonchev–Trinajstić information content (AvgIpc) is 2.03. The van der Waals surface area contributed by atoms with E-state index >= 15 is 0 Å². The van der Waals surface area contributed by atoms with Gasteiger partial charge in [-0.1, -0.05) is 6.92 Å². The molecule has 1 aromatic rings. The Morgan fingerprint density at radius 2 is 2.08 bits per heavy atom. The first-order valence-electron chi connectivity index (χ1n) is 4.34. The van der Waals surface area contributed by atoms with Crippen molar-refractivity contribution < 1.29 is 0 Å². The molecule has 0 aromatic carbocycles. The van der Waals surface area contributed by atoms with Gasteiger partial charge in [-0.2, -0.15) is 0 Å². The van der Waals surface area contributed by atoms with Crippen LogP contribution in [-0.2, 0) is 6.42 Å². The lowest BCUT2D eigenvalue weighted by atomic mass is 10.3. The van der Waals surface area contributed by atoms with Crippen molar-refractivity contribution in [1.29, 1.82) is 0 Å². The van der Waals surface area contributed by atoms with E-state index in [1.807, 2.05) is 25.1 Å². The molecule has 0 N–H and O–H groups in total. The maximum absolute atomic E-state index is 4.41. The lowest BCUT2D eigenvalue weighted by molar-refractivity contribution is 0.822. The smallest absolute Gasteiger partial charge is 0.132 e. The fourth-order valence-corrected chi connectivity index (χ4v) is 1.43. The molecule has 0 radical (unpaired) electrons. The Morgan fingerprint density at radius 3 is 2.62 bits per heavy atom. The van der Waals surface area contributed by atoms with Gasteiger partial charge in [-0.25, -0.2) is 9.97 Å². The zero-order valence-electron chi connectivity index (χ0n) is 8.21. The van der Waals surface area contributed by atoms with E-state index in [1.54, 1.807) is 0 Å². The molecule has 1 heterocycles. The minimum atomic E-state index is 0.856. The van der Waals surface area contributed by atoms with Gasteiger partial charge in [-0.05, 0) is 22.4 Å². The quantitative estimate of drug-likeness (QED) is 0.763. The Morgan fingerprint density at radius 1 is 1.38 bits per heavy atom. The summed E-state index contributed by atoms with van der Waals surface area (Å²) in [7, 11) is 3.95. The van der Waals surface area contributed by atoms with Gasteiger partial charge in [-0.3, -0.25) is 0 Å². The predicted molar refractivity (Wildman–Crippen MR) is 58.1 cm³/mol. The Labute approximate surface area is 87.3 Å². The number of rotatable bonds is 3. The zero-order valence-corrected chi connectivity index (χ0v) is 9.80. The number of hydrogen-bond donors (Lipinski definition) is 0. The molecule has 0 amide bonds. The van der Waals surface area contributed by atoms with Gasteiger partial charge in [0.25, 0.3) is 0 Å². The van der Waals surface area contributed by atoms with E-state index in [2.05, 4.69) is 32.8 Å². The highest BCUT2D eigenvalue weighted by Gasteiger charge is 2.03. The zero-order chi connectivity index (χ0) is 9.84. The first-order valence-corrected chi connectivity index (χ1v) is 5.13. The van der Waals surface area contributed by atoms with Gasteiger partial charge in [0.1, 0.15) is 16.2 Å². The highest BCUT2D eigenvalue weighted by atomic mass is 79.9. The Kier molecular flexibility index (Phi) is 3.66. The van der Waals surface area contributed by atoms with Crippen LogP contribution in [0, 0.1) is 0 Å². The molecule has 0 aliphatic rings. The molecular weight excluding hydrogens is 230 g/mol. The summed E-state index contributed by atoms with van der Waals surface area (Å²) in [6.45, 7) is 2.12. The SMILES string of the molecule is CCCc1nc(Br)cc(N(C)C)n1. The van der Waals surface area contributed by atoms with Gasteiger partial charge in [0.15, 0.2) is 0 Å². The van der Waals surface area contributed by atoms with Crippen LogP contribution in [0.5, 0.6) is 0 Å². The van der Waals surface area contributed by atoms with Gasteiger partial charge in [-0.15, -0.1) is 0 Å². The molecule has 0 aliphatic carbocycles. The summed E-state index contributed by atoms with van der Waals surface area (Å²) >= 11 is 3.37. The fourth-order valence-electron chi connectivity index (χ4n) is 1.02. The summed E-state index contributed by atoms with van der Waals surface area (Å²) in [5.41, 5.74) is 0. The van der Waals surface area contributed by atoms with Crippen molar-refractivity contribution >= 4 is 21.7 Å². The van der Waals surface area contributed by atoms with Crippen LogP contribution in [0.3, 0.4) is 0 Å². The number of anilines is 1. The largest absolute Gasteiger partial charge is 0.363 e. The third-order valence-corrected chi connectivity index (χ3v) is 2.07. The molecule has 0 aliphatic heterocycles. The van der Waals surface area contributed by atoms with E-state index < -0.39 is 0 Å². The van der Waals surface area contributed by atoms with Crippen LogP contribution in [0.2, 0.25) is 0 Å². The van der Waals surface area contributed by atoms with Gasteiger partial charge in [0.05, 0.1) is 0 Å². The molecule has 0 bridgehead atoms. The maximum Gasteiger partial charge on any atom is 0.132 e. The molecule has 0 atom stereocenters. The Hall–Kier alpha value is -0.640. The molecule has 1 aromatic heterocycles. The van der Waals surface area contributed by atoms with Crippen molar-refractivity contribution in [2.45, 2.75) is 19.8 Å². The third-order valence-electron chi connectivity index (χ3n) is 1.66. The van der Waals surface area contributed by atoms with Crippen molar-refractivity contribution in [2.75, 3.05) is 19.0 Å². The van der Waals surface area contributed by atoms with E-state index in [4.69, 9.17) is 0 Å². The first-order chi connectivity index (χ1) is 6.13. The predicted octanol–water partition coefficient (Wildman–Crippen LogP) is 2.26. The third kappa shape index (κ3) is 2.95. The minimum Gasteiger partial charge on any atom is -0.363 e. The molecule has 0 spiro atoms. The molecule has 0 fully saturated rings. The molecule has 4 heteroatoms.